The molecule has 4 aromatic rings. The van der Waals surface area contributed by atoms with Gasteiger partial charge in [-0.1, -0.05) is 42.5 Å². The predicted octanol–water partition coefficient (Wildman–Crippen LogP) is 4.70. The molecule has 0 N–H and O–H groups in total. The maximum absolute atomic E-state index is 5.27. The van der Waals surface area contributed by atoms with E-state index in [4.69, 9.17) is 14.8 Å². The van der Waals surface area contributed by atoms with Gasteiger partial charge in [0.2, 0.25) is 0 Å². The molecule has 1 aliphatic carbocycles. The lowest BCUT2D eigenvalue weighted by Crippen LogP contribution is -2.00. The van der Waals surface area contributed by atoms with Crippen LogP contribution in [0.25, 0.3) is 28.2 Å². The largest absolute Gasteiger partial charge is 0.378 e. The summed E-state index contributed by atoms with van der Waals surface area (Å²) in [5.74, 6) is 0. The molecule has 0 radical (unpaired) electrons. The average Bonchev–Trinajstić information content (AvgIpc) is 3.32. The van der Waals surface area contributed by atoms with E-state index < -0.39 is 0 Å². The SMILES string of the molecule is COCc1ccc2nc(-c3ccc4c(c3)CCC4)c(-c3ccccc3)n2n1. The molecule has 2 heterocycles. The van der Waals surface area contributed by atoms with Crippen LogP contribution in [0, 0.1) is 0 Å². The van der Waals surface area contributed by atoms with E-state index >= 15 is 0 Å². The molecule has 4 heteroatoms. The Bertz CT molecular complexity index is 1120. The number of ether oxygens (including phenoxy) is 1. The van der Waals surface area contributed by atoms with Gasteiger partial charge in [-0.2, -0.15) is 5.10 Å². The van der Waals surface area contributed by atoms with Crippen molar-refractivity contribution in [2.75, 3.05) is 7.11 Å². The molecule has 5 rings (SSSR count). The van der Waals surface area contributed by atoms with Gasteiger partial charge < -0.3 is 4.74 Å². The summed E-state index contributed by atoms with van der Waals surface area (Å²) in [4.78, 5) is 4.95. The maximum atomic E-state index is 5.27. The zero-order valence-electron chi connectivity index (χ0n) is 15.4. The van der Waals surface area contributed by atoms with Crippen LogP contribution in [0.5, 0.6) is 0 Å². The Morgan fingerprint density at radius 1 is 0.926 bits per heavy atom. The first-order chi connectivity index (χ1) is 13.3. The summed E-state index contributed by atoms with van der Waals surface area (Å²) in [5.41, 5.74) is 8.96. The molecule has 0 fully saturated rings. The first-order valence-electron chi connectivity index (χ1n) is 9.39. The Kier molecular flexibility index (Phi) is 3.98. The molecule has 2 aromatic heterocycles. The zero-order valence-corrected chi connectivity index (χ0v) is 15.4. The second-order valence-corrected chi connectivity index (χ2v) is 7.04. The van der Waals surface area contributed by atoms with E-state index in [-0.39, 0.29) is 0 Å². The van der Waals surface area contributed by atoms with Crippen LogP contribution in [0.15, 0.2) is 60.7 Å². The Hall–Kier alpha value is -2.98. The minimum atomic E-state index is 0.483. The van der Waals surface area contributed by atoms with Crippen molar-refractivity contribution >= 4 is 5.65 Å². The summed E-state index contributed by atoms with van der Waals surface area (Å²) in [6, 6.07) is 21.2. The van der Waals surface area contributed by atoms with Crippen molar-refractivity contribution in [2.24, 2.45) is 0 Å². The van der Waals surface area contributed by atoms with Crippen LogP contribution in [-0.4, -0.2) is 21.7 Å². The predicted molar refractivity (Wildman–Crippen MR) is 107 cm³/mol. The third kappa shape index (κ3) is 2.82. The van der Waals surface area contributed by atoms with Gasteiger partial charge in [0.25, 0.3) is 0 Å². The van der Waals surface area contributed by atoms with E-state index in [0.717, 1.165) is 40.3 Å². The highest BCUT2D eigenvalue weighted by Crippen LogP contribution is 2.34. The van der Waals surface area contributed by atoms with Gasteiger partial charge in [0.15, 0.2) is 5.65 Å². The average molecular weight is 355 g/mol. The van der Waals surface area contributed by atoms with Gasteiger partial charge in [0, 0.05) is 18.2 Å². The van der Waals surface area contributed by atoms with Gasteiger partial charge in [-0.15, -0.1) is 0 Å². The van der Waals surface area contributed by atoms with Gasteiger partial charge in [-0.25, -0.2) is 9.50 Å². The zero-order chi connectivity index (χ0) is 18.2. The number of imidazole rings is 1. The first-order valence-corrected chi connectivity index (χ1v) is 9.39. The van der Waals surface area contributed by atoms with Crippen molar-refractivity contribution in [3.8, 4) is 22.5 Å². The summed E-state index contributed by atoms with van der Waals surface area (Å²) < 4.78 is 7.22. The fourth-order valence-corrected chi connectivity index (χ4v) is 3.97. The molecule has 0 unspecified atom stereocenters. The standard InChI is InChI=1S/C23H21N3O/c1-27-15-20-12-13-21-24-22(19-11-10-16-8-5-9-18(16)14-19)23(26(21)25-20)17-6-3-2-4-7-17/h2-4,6-7,10-14H,5,8-9,15H2,1H3. The van der Waals surface area contributed by atoms with Gasteiger partial charge in [-0.3, -0.25) is 0 Å². The lowest BCUT2D eigenvalue weighted by Gasteiger charge is -2.07. The topological polar surface area (TPSA) is 39.4 Å². The van der Waals surface area contributed by atoms with Crippen molar-refractivity contribution in [2.45, 2.75) is 25.9 Å². The van der Waals surface area contributed by atoms with Gasteiger partial charge in [0.1, 0.15) is 5.69 Å². The molecule has 0 saturated heterocycles. The number of aromatic nitrogens is 3. The maximum Gasteiger partial charge on any atom is 0.154 e. The molecule has 0 saturated carbocycles. The monoisotopic (exact) mass is 355 g/mol. The van der Waals surface area contributed by atoms with Crippen molar-refractivity contribution in [3.05, 3.63) is 77.5 Å². The van der Waals surface area contributed by atoms with Gasteiger partial charge in [-0.05, 0) is 48.6 Å². The van der Waals surface area contributed by atoms with E-state index in [0.29, 0.717) is 6.61 Å². The number of nitrogens with zero attached hydrogens (tertiary/aromatic N) is 3. The van der Waals surface area contributed by atoms with E-state index in [1.807, 2.05) is 22.7 Å². The number of hydrogen-bond acceptors (Lipinski definition) is 3. The molecule has 0 aliphatic heterocycles. The highest BCUT2D eigenvalue weighted by Gasteiger charge is 2.19. The summed E-state index contributed by atoms with van der Waals surface area (Å²) in [6.07, 6.45) is 3.60. The van der Waals surface area contributed by atoms with Crippen LogP contribution >= 0.6 is 0 Å². The molecule has 27 heavy (non-hydrogen) atoms. The summed E-state index contributed by atoms with van der Waals surface area (Å²) in [7, 11) is 1.69. The molecule has 0 amide bonds. The number of methoxy groups -OCH3 is 1. The smallest absolute Gasteiger partial charge is 0.154 e. The van der Waals surface area contributed by atoms with E-state index in [1.54, 1.807) is 7.11 Å². The van der Waals surface area contributed by atoms with E-state index in [1.165, 1.54) is 24.0 Å². The summed E-state index contributed by atoms with van der Waals surface area (Å²) >= 11 is 0. The molecule has 4 nitrogen and oxygen atoms in total. The third-order valence-corrected chi connectivity index (χ3v) is 5.24. The van der Waals surface area contributed by atoms with E-state index in [2.05, 4.69) is 42.5 Å². The highest BCUT2D eigenvalue weighted by molar-refractivity contribution is 5.82. The molecule has 0 spiro atoms. The van der Waals surface area contributed by atoms with Gasteiger partial charge in [0.05, 0.1) is 18.0 Å². The van der Waals surface area contributed by atoms with Crippen LogP contribution in [-0.2, 0) is 24.2 Å². The molecular formula is C23H21N3O. The summed E-state index contributed by atoms with van der Waals surface area (Å²) in [6.45, 7) is 0.483. The van der Waals surface area contributed by atoms with E-state index in [9.17, 15) is 0 Å². The second-order valence-electron chi connectivity index (χ2n) is 7.04. The lowest BCUT2D eigenvalue weighted by atomic mass is 10.0. The van der Waals surface area contributed by atoms with Crippen LogP contribution < -0.4 is 0 Å². The Balaban J connectivity index is 1.76. The Morgan fingerprint density at radius 3 is 2.63 bits per heavy atom. The second kappa shape index (κ2) is 6.63. The van der Waals surface area contributed by atoms with Crippen molar-refractivity contribution < 1.29 is 4.74 Å². The Morgan fingerprint density at radius 2 is 1.78 bits per heavy atom. The van der Waals surface area contributed by atoms with Gasteiger partial charge >= 0.3 is 0 Å². The number of benzene rings is 2. The van der Waals surface area contributed by atoms with Crippen LogP contribution in [0.2, 0.25) is 0 Å². The quantitative estimate of drug-likeness (QED) is 0.533. The highest BCUT2D eigenvalue weighted by atomic mass is 16.5. The number of fused-ring (bicyclic) bond motifs is 2. The Labute approximate surface area is 158 Å². The number of rotatable bonds is 4. The minimum Gasteiger partial charge on any atom is -0.378 e. The van der Waals surface area contributed by atoms with Crippen molar-refractivity contribution in [1.29, 1.82) is 0 Å². The minimum absolute atomic E-state index is 0.483. The van der Waals surface area contributed by atoms with Crippen molar-refractivity contribution in [1.82, 2.24) is 14.6 Å². The van der Waals surface area contributed by atoms with Crippen LogP contribution in [0.3, 0.4) is 0 Å². The third-order valence-electron chi connectivity index (χ3n) is 5.24. The molecule has 0 bridgehead atoms. The fraction of sp³-hybridized carbons (Fsp3) is 0.217. The lowest BCUT2D eigenvalue weighted by molar-refractivity contribution is 0.180. The first kappa shape index (κ1) is 16.2. The molecule has 134 valence electrons. The number of hydrogen-bond donors (Lipinski definition) is 0. The molecular weight excluding hydrogens is 334 g/mol. The fourth-order valence-electron chi connectivity index (χ4n) is 3.97. The van der Waals surface area contributed by atoms with Crippen LogP contribution in [0.1, 0.15) is 23.2 Å². The summed E-state index contributed by atoms with van der Waals surface area (Å²) in [5, 5.41) is 4.79. The number of aryl methyl sites for hydroxylation is 2. The van der Waals surface area contributed by atoms with Crippen molar-refractivity contribution in [3.63, 3.8) is 0 Å². The normalized spacial score (nSPS) is 13.2. The molecule has 0 atom stereocenters. The molecule has 2 aromatic carbocycles. The van der Waals surface area contributed by atoms with Crippen LogP contribution in [0.4, 0.5) is 0 Å². The molecule has 1 aliphatic rings.